The zero-order valence-electron chi connectivity index (χ0n) is 12.6. The topological polar surface area (TPSA) is 85.2 Å². The average molecular weight is 300 g/mol. The Hall–Kier alpha value is -2.21. The lowest BCUT2D eigenvalue weighted by atomic mass is 9.90. The van der Waals surface area contributed by atoms with Crippen molar-refractivity contribution in [3.63, 3.8) is 0 Å². The number of hydrogen-bond acceptors (Lipinski definition) is 5. The van der Waals surface area contributed by atoms with Crippen molar-refractivity contribution in [1.29, 1.82) is 0 Å². The van der Waals surface area contributed by atoms with Gasteiger partial charge in [-0.1, -0.05) is 12.1 Å². The zero-order chi connectivity index (χ0) is 15.5. The van der Waals surface area contributed by atoms with Gasteiger partial charge < -0.3 is 15.2 Å². The van der Waals surface area contributed by atoms with Crippen LogP contribution in [0, 0.1) is 5.92 Å². The molecule has 0 bridgehead atoms. The summed E-state index contributed by atoms with van der Waals surface area (Å²) in [6.45, 7) is 3.34. The molecule has 22 heavy (non-hydrogen) atoms. The fourth-order valence-corrected chi connectivity index (χ4v) is 3.04. The van der Waals surface area contributed by atoms with Crippen LogP contribution in [0.25, 0.3) is 11.3 Å². The van der Waals surface area contributed by atoms with Crippen LogP contribution in [0.4, 0.5) is 0 Å². The number of nitrogens with zero attached hydrogens (tertiary/aromatic N) is 3. The van der Waals surface area contributed by atoms with E-state index in [1.807, 2.05) is 17.0 Å². The number of pyridine rings is 1. The van der Waals surface area contributed by atoms with Gasteiger partial charge in [-0.05, 0) is 30.9 Å². The van der Waals surface area contributed by atoms with Crippen LogP contribution in [0.5, 0.6) is 0 Å². The molecule has 3 rings (SSSR count). The van der Waals surface area contributed by atoms with Crippen molar-refractivity contribution >= 4 is 5.91 Å². The van der Waals surface area contributed by atoms with E-state index in [9.17, 15) is 4.79 Å². The Kier molecular flexibility index (Phi) is 4.20. The highest BCUT2D eigenvalue weighted by atomic mass is 16.5. The molecule has 2 aromatic heterocycles. The van der Waals surface area contributed by atoms with Gasteiger partial charge in [-0.2, -0.15) is 0 Å². The molecule has 0 saturated carbocycles. The van der Waals surface area contributed by atoms with Crippen molar-refractivity contribution < 1.29 is 9.32 Å². The molecule has 1 amide bonds. The summed E-state index contributed by atoms with van der Waals surface area (Å²) in [6, 6.07) is 5.40. The van der Waals surface area contributed by atoms with Crippen LogP contribution in [0.2, 0.25) is 0 Å². The summed E-state index contributed by atoms with van der Waals surface area (Å²) in [4.78, 5) is 18.5. The first kappa shape index (κ1) is 14.7. The molecule has 0 radical (unpaired) electrons. The highest BCUT2D eigenvalue weighted by molar-refractivity contribution is 5.93. The van der Waals surface area contributed by atoms with Crippen molar-refractivity contribution in [3.05, 3.63) is 36.3 Å². The van der Waals surface area contributed by atoms with E-state index >= 15 is 0 Å². The Balaban J connectivity index is 1.82. The van der Waals surface area contributed by atoms with Gasteiger partial charge in [0.05, 0.1) is 0 Å². The number of rotatable bonds is 3. The van der Waals surface area contributed by atoms with E-state index in [1.165, 1.54) is 0 Å². The van der Waals surface area contributed by atoms with Crippen LogP contribution in [0.3, 0.4) is 0 Å². The summed E-state index contributed by atoms with van der Waals surface area (Å²) >= 11 is 0. The van der Waals surface area contributed by atoms with Gasteiger partial charge in [0.1, 0.15) is 0 Å². The first-order valence-electron chi connectivity index (χ1n) is 7.59. The molecule has 6 nitrogen and oxygen atoms in total. The molecule has 0 aromatic carbocycles. The second-order valence-corrected chi connectivity index (χ2v) is 5.73. The number of amides is 1. The maximum atomic E-state index is 12.7. The SMILES string of the molecule is C[C@H]1CCCN(C(=O)c2cc(-c3ccncc3)on2)[C@H]1CN. The number of carbonyl (C=O) groups excluding carboxylic acids is 1. The van der Waals surface area contributed by atoms with Crippen molar-refractivity contribution in [2.75, 3.05) is 13.1 Å². The van der Waals surface area contributed by atoms with Crippen molar-refractivity contribution in [3.8, 4) is 11.3 Å². The summed E-state index contributed by atoms with van der Waals surface area (Å²) in [5.41, 5.74) is 7.04. The lowest BCUT2D eigenvalue weighted by Gasteiger charge is -2.39. The Morgan fingerprint density at radius 3 is 2.95 bits per heavy atom. The molecule has 3 heterocycles. The zero-order valence-corrected chi connectivity index (χ0v) is 12.6. The maximum Gasteiger partial charge on any atom is 0.276 e. The van der Waals surface area contributed by atoms with Crippen molar-refractivity contribution in [2.45, 2.75) is 25.8 Å². The fourth-order valence-electron chi connectivity index (χ4n) is 3.04. The standard InChI is InChI=1S/C16H20N4O2/c1-11-3-2-8-20(14(11)10-17)16(21)13-9-15(22-19-13)12-4-6-18-7-5-12/h4-7,9,11,14H,2-3,8,10,17H2,1H3/t11-,14-/m0/s1. The number of piperidine rings is 1. The Labute approximate surface area is 129 Å². The molecular formula is C16H20N4O2. The van der Waals surface area contributed by atoms with Gasteiger partial charge in [0.2, 0.25) is 0 Å². The molecule has 0 aliphatic carbocycles. The first-order chi connectivity index (χ1) is 10.7. The van der Waals surface area contributed by atoms with E-state index in [-0.39, 0.29) is 11.9 Å². The quantitative estimate of drug-likeness (QED) is 0.936. The van der Waals surface area contributed by atoms with Gasteiger partial charge in [-0.25, -0.2) is 0 Å². The van der Waals surface area contributed by atoms with Crippen LogP contribution in [0.1, 0.15) is 30.3 Å². The summed E-state index contributed by atoms with van der Waals surface area (Å²) in [5, 5.41) is 3.93. The van der Waals surface area contributed by atoms with Crippen LogP contribution in [-0.4, -0.2) is 40.1 Å². The number of aromatic nitrogens is 2. The second kappa shape index (κ2) is 6.27. The van der Waals surface area contributed by atoms with Gasteiger partial charge in [-0.15, -0.1) is 0 Å². The van der Waals surface area contributed by atoms with Crippen molar-refractivity contribution in [2.24, 2.45) is 11.7 Å². The minimum Gasteiger partial charge on any atom is -0.355 e. The lowest BCUT2D eigenvalue weighted by Crippen LogP contribution is -2.51. The summed E-state index contributed by atoms with van der Waals surface area (Å²) in [6.07, 6.45) is 5.46. The molecule has 0 spiro atoms. The van der Waals surface area contributed by atoms with E-state index in [0.717, 1.165) is 24.9 Å². The molecule has 2 N–H and O–H groups in total. The molecule has 1 aliphatic heterocycles. The molecule has 6 heteroatoms. The third kappa shape index (κ3) is 2.74. The van der Waals surface area contributed by atoms with Crippen LogP contribution in [0.15, 0.2) is 35.1 Å². The highest BCUT2D eigenvalue weighted by Gasteiger charge is 2.32. The van der Waals surface area contributed by atoms with E-state index in [0.29, 0.717) is 23.9 Å². The molecule has 1 aliphatic rings. The Morgan fingerprint density at radius 2 is 2.23 bits per heavy atom. The van der Waals surface area contributed by atoms with E-state index in [1.54, 1.807) is 18.5 Å². The summed E-state index contributed by atoms with van der Waals surface area (Å²) in [7, 11) is 0. The van der Waals surface area contributed by atoms with Crippen molar-refractivity contribution in [1.82, 2.24) is 15.0 Å². The van der Waals surface area contributed by atoms with E-state index < -0.39 is 0 Å². The summed E-state index contributed by atoms with van der Waals surface area (Å²) in [5.74, 6) is 0.875. The maximum absolute atomic E-state index is 12.7. The first-order valence-corrected chi connectivity index (χ1v) is 7.59. The Bertz CT molecular complexity index is 641. The smallest absolute Gasteiger partial charge is 0.276 e. The van der Waals surface area contributed by atoms with Crippen LogP contribution >= 0.6 is 0 Å². The molecule has 2 atom stereocenters. The van der Waals surface area contributed by atoms with Crippen LogP contribution < -0.4 is 5.73 Å². The molecule has 2 aromatic rings. The molecular weight excluding hydrogens is 280 g/mol. The monoisotopic (exact) mass is 300 g/mol. The number of likely N-dealkylation sites (tertiary alicyclic amines) is 1. The lowest BCUT2D eigenvalue weighted by molar-refractivity contribution is 0.0522. The summed E-state index contributed by atoms with van der Waals surface area (Å²) < 4.78 is 5.30. The van der Waals surface area contributed by atoms with Gasteiger partial charge >= 0.3 is 0 Å². The van der Waals surface area contributed by atoms with Gasteiger partial charge in [0.25, 0.3) is 5.91 Å². The predicted molar refractivity (Wildman–Crippen MR) is 82.0 cm³/mol. The molecule has 1 fully saturated rings. The third-order valence-corrected chi connectivity index (χ3v) is 4.31. The molecule has 0 unspecified atom stereocenters. The van der Waals surface area contributed by atoms with Crippen LogP contribution in [-0.2, 0) is 0 Å². The molecule has 1 saturated heterocycles. The predicted octanol–water partition coefficient (Wildman–Crippen LogP) is 1.94. The largest absolute Gasteiger partial charge is 0.355 e. The minimum atomic E-state index is -0.106. The highest BCUT2D eigenvalue weighted by Crippen LogP contribution is 2.25. The third-order valence-electron chi connectivity index (χ3n) is 4.31. The fraction of sp³-hybridized carbons (Fsp3) is 0.438. The second-order valence-electron chi connectivity index (χ2n) is 5.73. The van der Waals surface area contributed by atoms with E-state index in [2.05, 4.69) is 17.1 Å². The van der Waals surface area contributed by atoms with E-state index in [4.69, 9.17) is 10.3 Å². The van der Waals surface area contributed by atoms with Gasteiger partial charge in [-0.3, -0.25) is 9.78 Å². The Morgan fingerprint density at radius 1 is 1.45 bits per heavy atom. The molecule has 116 valence electrons. The number of carbonyl (C=O) groups is 1. The van der Waals surface area contributed by atoms with Gasteiger partial charge in [0, 0.05) is 43.2 Å². The number of hydrogen-bond donors (Lipinski definition) is 1. The number of nitrogens with two attached hydrogens (primary N) is 1. The average Bonchev–Trinajstić information content (AvgIpc) is 3.05. The normalized spacial score (nSPS) is 21.8. The minimum absolute atomic E-state index is 0.0716. The van der Waals surface area contributed by atoms with Gasteiger partial charge in [0.15, 0.2) is 11.5 Å².